The van der Waals surface area contributed by atoms with Crippen LogP contribution < -0.4 is 0 Å². The zero-order valence-electron chi connectivity index (χ0n) is 14.0. The van der Waals surface area contributed by atoms with E-state index in [-0.39, 0.29) is 0 Å². The molecule has 3 rings (SSSR count). The molecule has 0 radical (unpaired) electrons. The molecule has 3 nitrogen and oxygen atoms in total. The third kappa shape index (κ3) is 4.77. The van der Waals surface area contributed by atoms with Crippen LogP contribution in [0.2, 0.25) is 0 Å². The van der Waals surface area contributed by atoms with Crippen molar-refractivity contribution in [1.82, 2.24) is 0 Å². The molecule has 0 atom stereocenters. The lowest BCUT2D eigenvalue weighted by Gasteiger charge is -2.06. The fourth-order valence-electron chi connectivity index (χ4n) is 2.81. The standard InChI is InChI=1S/C22H20O3/c23-21-19(15-17-9-3-1-4-10-17)13-7-8-14-20(22(24)25-21)16-18-11-5-2-6-12-18/h1-6,9-12,15-16H,7-8,13-14H2. The van der Waals surface area contributed by atoms with Crippen molar-refractivity contribution >= 4 is 24.1 Å². The number of carbonyl (C=O) groups is 2. The van der Waals surface area contributed by atoms with Gasteiger partial charge in [0.2, 0.25) is 0 Å². The fourth-order valence-corrected chi connectivity index (χ4v) is 2.81. The summed E-state index contributed by atoms with van der Waals surface area (Å²) in [4.78, 5) is 24.8. The van der Waals surface area contributed by atoms with Crippen LogP contribution in [0.1, 0.15) is 36.8 Å². The summed E-state index contributed by atoms with van der Waals surface area (Å²) in [6, 6.07) is 19.2. The number of esters is 2. The number of hydrogen-bond donors (Lipinski definition) is 0. The summed E-state index contributed by atoms with van der Waals surface area (Å²) >= 11 is 0. The molecule has 3 heteroatoms. The van der Waals surface area contributed by atoms with E-state index in [1.54, 1.807) is 0 Å². The van der Waals surface area contributed by atoms with Gasteiger partial charge >= 0.3 is 11.9 Å². The third-order valence-electron chi connectivity index (χ3n) is 4.13. The minimum atomic E-state index is -0.547. The second-order valence-corrected chi connectivity index (χ2v) is 6.04. The van der Waals surface area contributed by atoms with Crippen LogP contribution in [0.4, 0.5) is 0 Å². The average molecular weight is 332 g/mol. The zero-order valence-corrected chi connectivity index (χ0v) is 14.0. The van der Waals surface area contributed by atoms with Crippen LogP contribution in [-0.2, 0) is 14.3 Å². The molecule has 1 fully saturated rings. The molecule has 0 spiro atoms. The number of cyclic esters (lactones) is 2. The van der Waals surface area contributed by atoms with E-state index in [0.29, 0.717) is 24.0 Å². The molecule has 0 N–H and O–H groups in total. The van der Waals surface area contributed by atoms with Crippen LogP contribution in [0.3, 0.4) is 0 Å². The Kier molecular flexibility index (Phi) is 5.57. The molecule has 1 heterocycles. The molecular weight excluding hydrogens is 312 g/mol. The van der Waals surface area contributed by atoms with Gasteiger partial charge in [-0.3, -0.25) is 0 Å². The summed E-state index contributed by atoms with van der Waals surface area (Å²) in [5.74, 6) is -1.09. The molecule has 0 aromatic heterocycles. The fraction of sp³-hybridized carbons (Fsp3) is 0.182. The Labute approximate surface area is 147 Å². The van der Waals surface area contributed by atoms with Gasteiger partial charge in [-0.05, 0) is 49.0 Å². The first-order valence-corrected chi connectivity index (χ1v) is 8.50. The second kappa shape index (κ2) is 8.25. The normalized spacial score (nSPS) is 19.2. The van der Waals surface area contributed by atoms with Crippen LogP contribution in [0.15, 0.2) is 71.8 Å². The molecule has 126 valence electrons. The Hall–Kier alpha value is -2.94. The zero-order chi connectivity index (χ0) is 17.5. The lowest BCUT2D eigenvalue weighted by molar-refractivity contribution is -0.154. The lowest BCUT2D eigenvalue weighted by Crippen LogP contribution is -2.15. The maximum absolute atomic E-state index is 12.4. The Morgan fingerprint density at radius 1 is 0.640 bits per heavy atom. The first-order chi connectivity index (χ1) is 12.2. The van der Waals surface area contributed by atoms with E-state index in [4.69, 9.17) is 4.74 Å². The molecule has 0 bridgehead atoms. The topological polar surface area (TPSA) is 43.4 Å². The second-order valence-electron chi connectivity index (χ2n) is 6.04. The maximum Gasteiger partial charge on any atom is 0.341 e. The minimum Gasteiger partial charge on any atom is -0.386 e. The summed E-state index contributed by atoms with van der Waals surface area (Å²) in [7, 11) is 0. The van der Waals surface area contributed by atoms with E-state index >= 15 is 0 Å². The van der Waals surface area contributed by atoms with Gasteiger partial charge in [-0.15, -0.1) is 0 Å². The van der Waals surface area contributed by atoms with Crippen LogP contribution in [0, 0.1) is 0 Å². The van der Waals surface area contributed by atoms with Gasteiger partial charge in [0.05, 0.1) is 0 Å². The number of hydrogen-bond acceptors (Lipinski definition) is 3. The van der Waals surface area contributed by atoms with Gasteiger partial charge in [-0.25, -0.2) is 9.59 Å². The number of rotatable bonds is 2. The molecule has 1 saturated heterocycles. The van der Waals surface area contributed by atoms with Gasteiger partial charge in [-0.2, -0.15) is 0 Å². The molecule has 0 saturated carbocycles. The van der Waals surface area contributed by atoms with Crippen molar-refractivity contribution in [2.24, 2.45) is 0 Å². The number of carbonyl (C=O) groups excluding carboxylic acids is 2. The van der Waals surface area contributed by atoms with E-state index in [2.05, 4.69) is 0 Å². The number of ether oxygens (including phenoxy) is 1. The first kappa shape index (κ1) is 16.9. The number of benzene rings is 2. The van der Waals surface area contributed by atoms with Gasteiger partial charge < -0.3 is 4.74 Å². The average Bonchev–Trinajstić information content (AvgIpc) is 2.69. The highest BCUT2D eigenvalue weighted by Gasteiger charge is 2.21. The van der Waals surface area contributed by atoms with Crippen molar-refractivity contribution < 1.29 is 14.3 Å². The first-order valence-electron chi connectivity index (χ1n) is 8.50. The van der Waals surface area contributed by atoms with Gasteiger partial charge in [0.1, 0.15) is 0 Å². The van der Waals surface area contributed by atoms with Crippen molar-refractivity contribution in [3.05, 3.63) is 82.9 Å². The van der Waals surface area contributed by atoms with Gasteiger partial charge in [0.25, 0.3) is 0 Å². The summed E-state index contributed by atoms with van der Waals surface area (Å²) in [5, 5.41) is 0. The van der Waals surface area contributed by atoms with Crippen molar-refractivity contribution in [1.29, 1.82) is 0 Å². The highest BCUT2D eigenvalue weighted by Crippen LogP contribution is 2.22. The van der Waals surface area contributed by atoms with Crippen LogP contribution in [-0.4, -0.2) is 11.9 Å². The largest absolute Gasteiger partial charge is 0.386 e. The van der Waals surface area contributed by atoms with Crippen LogP contribution >= 0.6 is 0 Å². The van der Waals surface area contributed by atoms with Gasteiger partial charge in [0, 0.05) is 11.1 Å². The highest BCUT2D eigenvalue weighted by molar-refractivity contribution is 6.05. The predicted octanol–water partition coefficient (Wildman–Crippen LogP) is 4.80. The quantitative estimate of drug-likeness (QED) is 0.451. The highest BCUT2D eigenvalue weighted by atomic mass is 16.6. The molecule has 1 aliphatic rings. The van der Waals surface area contributed by atoms with E-state index in [9.17, 15) is 9.59 Å². The molecule has 0 amide bonds. The van der Waals surface area contributed by atoms with Crippen molar-refractivity contribution in [2.45, 2.75) is 25.7 Å². The van der Waals surface area contributed by atoms with E-state index in [0.717, 1.165) is 24.0 Å². The van der Waals surface area contributed by atoms with Crippen molar-refractivity contribution in [3.63, 3.8) is 0 Å². The molecule has 0 aliphatic carbocycles. The lowest BCUT2D eigenvalue weighted by atomic mass is 10.0. The summed E-state index contributed by atoms with van der Waals surface area (Å²) in [5.41, 5.74) is 2.95. The maximum atomic E-state index is 12.4. The molecular formula is C22H20O3. The summed E-state index contributed by atoms with van der Waals surface area (Å²) in [6.07, 6.45) is 6.52. The summed E-state index contributed by atoms with van der Waals surface area (Å²) < 4.78 is 5.13. The van der Waals surface area contributed by atoms with E-state index in [1.165, 1.54) is 0 Å². The van der Waals surface area contributed by atoms with E-state index in [1.807, 2.05) is 72.8 Å². The monoisotopic (exact) mass is 332 g/mol. The van der Waals surface area contributed by atoms with Gasteiger partial charge in [0.15, 0.2) is 0 Å². The van der Waals surface area contributed by atoms with Crippen molar-refractivity contribution in [3.8, 4) is 0 Å². The molecule has 0 unspecified atom stereocenters. The predicted molar refractivity (Wildman–Crippen MR) is 98.4 cm³/mol. The Morgan fingerprint density at radius 2 is 1.04 bits per heavy atom. The molecule has 2 aromatic rings. The van der Waals surface area contributed by atoms with Crippen molar-refractivity contribution in [2.75, 3.05) is 0 Å². The third-order valence-corrected chi connectivity index (χ3v) is 4.13. The summed E-state index contributed by atoms with van der Waals surface area (Å²) in [6.45, 7) is 0. The Balaban J connectivity index is 1.82. The Morgan fingerprint density at radius 3 is 1.44 bits per heavy atom. The van der Waals surface area contributed by atoms with Gasteiger partial charge in [-0.1, -0.05) is 60.7 Å². The van der Waals surface area contributed by atoms with Crippen LogP contribution in [0.25, 0.3) is 12.2 Å². The molecule has 25 heavy (non-hydrogen) atoms. The SMILES string of the molecule is O=C1OC(=O)C(=Cc2ccccc2)CCCCC1=Cc1ccccc1. The smallest absolute Gasteiger partial charge is 0.341 e. The molecule has 1 aliphatic heterocycles. The van der Waals surface area contributed by atoms with E-state index < -0.39 is 11.9 Å². The Bertz CT molecular complexity index is 732. The molecule has 2 aromatic carbocycles. The minimum absolute atomic E-state index is 0.542. The van der Waals surface area contributed by atoms with Crippen LogP contribution in [0.5, 0.6) is 0 Å².